The Balaban J connectivity index is 1.98. The predicted molar refractivity (Wildman–Crippen MR) is 77.6 cm³/mol. The average Bonchev–Trinajstić information content (AvgIpc) is 2.92. The van der Waals surface area contributed by atoms with Crippen molar-refractivity contribution in [1.29, 1.82) is 0 Å². The highest BCUT2D eigenvalue weighted by Gasteiger charge is 2.31. The summed E-state index contributed by atoms with van der Waals surface area (Å²) in [6, 6.07) is 10.2. The third kappa shape index (κ3) is 5.06. The molecule has 1 aromatic carbocycles. The molecule has 0 radical (unpaired) electrons. The monoisotopic (exact) mass is 315 g/mol. The van der Waals surface area contributed by atoms with Gasteiger partial charge < -0.3 is 10.1 Å². The number of benzene rings is 1. The van der Waals surface area contributed by atoms with Crippen molar-refractivity contribution in [3.05, 3.63) is 52.2 Å². The van der Waals surface area contributed by atoms with E-state index >= 15 is 0 Å². The molecule has 2 nitrogen and oxygen atoms in total. The summed E-state index contributed by atoms with van der Waals surface area (Å²) in [5, 5.41) is 5.22. The number of rotatable bonds is 6. The van der Waals surface area contributed by atoms with E-state index in [2.05, 4.69) is 16.1 Å². The molecule has 0 fully saturated rings. The molecule has 0 aliphatic carbocycles. The minimum Gasteiger partial charge on any atom is -0.406 e. The molecule has 1 N–H and O–H groups in total. The smallest absolute Gasteiger partial charge is 0.406 e. The minimum absolute atomic E-state index is 0.104. The molecule has 114 valence electrons. The number of nitrogens with one attached hydrogen (secondary N) is 1. The second kappa shape index (κ2) is 6.95. The largest absolute Gasteiger partial charge is 0.573 e. The normalized spacial score (nSPS) is 13.1. The summed E-state index contributed by atoms with van der Waals surface area (Å²) < 4.78 is 40.2. The Kier molecular flexibility index (Phi) is 5.25. The quantitative estimate of drug-likeness (QED) is 0.845. The zero-order chi connectivity index (χ0) is 15.3. The van der Waals surface area contributed by atoms with Crippen molar-refractivity contribution < 1.29 is 17.9 Å². The van der Waals surface area contributed by atoms with Crippen LogP contribution in [0.1, 0.15) is 22.9 Å². The summed E-state index contributed by atoms with van der Waals surface area (Å²) >= 11 is 1.71. The highest BCUT2D eigenvalue weighted by atomic mass is 32.1. The van der Waals surface area contributed by atoms with Gasteiger partial charge in [0, 0.05) is 10.9 Å². The van der Waals surface area contributed by atoms with Crippen molar-refractivity contribution in [1.82, 2.24) is 5.32 Å². The van der Waals surface area contributed by atoms with Crippen molar-refractivity contribution in [2.45, 2.75) is 25.2 Å². The highest BCUT2D eigenvalue weighted by Crippen LogP contribution is 2.26. The van der Waals surface area contributed by atoms with E-state index in [0.29, 0.717) is 0 Å². The van der Waals surface area contributed by atoms with Gasteiger partial charge in [0.05, 0.1) is 0 Å². The first-order valence-corrected chi connectivity index (χ1v) is 7.41. The number of hydrogen-bond acceptors (Lipinski definition) is 3. The van der Waals surface area contributed by atoms with Crippen LogP contribution < -0.4 is 10.1 Å². The summed E-state index contributed by atoms with van der Waals surface area (Å²) in [5.41, 5.74) is 0.948. The first-order chi connectivity index (χ1) is 9.98. The van der Waals surface area contributed by atoms with Crippen LogP contribution in [0.2, 0.25) is 0 Å². The molecule has 1 atom stereocenters. The molecular weight excluding hydrogens is 299 g/mol. The average molecular weight is 315 g/mol. The summed E-state index contributed by atoms with van der Waals surface area (Å²) in [7, 11) is 1.85. The van der Waals surface area contributed by atoms with Crippen LogP contribution in [0.4, 0.5) is 13.2 Å². The Morgan fingerprint density at radius 1 is 1.19 bits per heavy atom. The molecular formula is C15H16F3NOS. The van der Waals surface area contributed by atoms with Gasteiger partial charge in [-0.3, -0.25) is 0 Å². The predicted octanol–water partition coefficient (Wildman–Crippen LogP) is 4.54. The lowest BCUT2D eigenvalue weighted by molar-refractivity contribution is -0.274. The first-order valence-electron chi connectivity index (χ1n) is 6.53. The Morgan fingerprint density at radius 2 is 1.90 bits per heavy atom. The standard InChI is InChI=1S/C15H16F3NOS/c1-19-14(9-8-13-3-2-10-21-13)11-4-6-12(7-5-11)20-15(16,17)18/h2-7,10,14,19H,8-9H2,1H3. The second-order valence-corrected chi connectivity index (χ2v) is 5.61. The van der Waals surface area contributed by atoms with Crippen molar-refractivity contribution in [3.8, 4) is 5.75 Å². The SMILES string of the molecule is CNC(CCc1cccs1)c1ccc(OC(F)(F)F)cc1. The molecule has 1 aromatic heterocycles. The summed E-state index contributed by atoms with van der Waals surface area (Å²) in [6.45, 7) is 0. The first kappa shape index (κ1) is 15.9. The third-order valence-electron chi connectivity index (χ3n) is 3.12. The van der Waals surface area contributed by atoms with Gasteiger partial charge in [0.15, 0.2) is 0 Å². The topological polar surface area (TPSA) is 21.3 Å². The van der Waals surface area contributed by atoms with E-state index < -0.39 is 6.36 Å². The van der Waals surface area contributed by atoms with Crippen LogP contribution in [-0.4, -0.2) is 13.4 Å². The van der Waals surface area contributed by atoms with Crippen molar-refractivity contribution in [2.24, 2.45) is 0 Å². The Bertz CT molecular complexity index is 537. The molecule has 1 heterocycles. The van der Waals surface area contributed by atoms with Crippen LogP contribution in [-0.2, 0) is 6.42 Å². The van der Waals surface area contributed by atoms with Crippen LogP contribution in [0.25, 0.3) is 0 Å². The van der Waals surface area contributed by atoms with Gasteiger partial charge in [-0.05, 0) is 49.0 Å². The summed E-state index contributed by atoms with van der Waals surface area (Å²) in [5.74, 6) is -0.195. The number of aryl methyl sites for hydroxylation is 1. The zero-order valence-corrected chi connectivity index (χ0v) is 12.3. The molecule has 0 amide bonds. The molecule has 2 aromatic rings. The zero-order valence-electron chi connectivity index (χ0n) is 11.5. The fourth-order valence-electron chi connectivity index (χ4n) is 2.12. The maximum atomic E-state index is 12.1. The second-order valence-electron chi connectivity index (χ2n) is 4.58. The van der Waals surface area contributed by atoms with E-state index in [9.17, 15) is 13.2 Å². The van der Waals surface area contributed by atoms with Gasteiger partial charge >= 0.3 is 6.36 Å². The molecule has 0 bridgehead atoms. The lowest BCUT2D eigenvalue weighted by Crippen LogP contribution is -2.18. The fourth-order valence-corrected chi connectivity index (χ4v) is 2.85. The van der Waals surface area contributed by atoms with E-state index in [-0.39, 0.29) is 11.8 Å². The molecule has 1 unspecified atom stereocenters. The molecule has 21 heavy (non-hydrogen) atoms. The molecule has 2 rings (SSSR count). The lowest BCUT2D eigenvalue weighted by atomic mass is 10.0. The fraction of sp³-hybridized carbons (Fsp3) is 0.333. The maximum absolute atomic E-state index is 12.1. The molecule has 0 aliphatic rings. The highest BCUT2D eigenvalue weighted by molar-refractivity contribution is 7.09. The van der Waals surface area contributed by atoms with E-state index in [0.717, 1.165) is 18.4 Å². The lowest BCUT2D eigenvalue weighted by Gasteiger charge is -2.17. The number of thiophene rings is 1. The van der Waals surface area contributed by atoms with Gasteiger partial charge in [0.1, 0.15) is 5.75 Å². The number of hydrogen-bond donors (Lipinski definition) is 1. The Morgan fingerprint density at radius 3 is 2.43 bits per heavy atom. The van der Waals surface area contributed by atoms with Gasteiger partial charge in [-0.1, -0.05) is 18.2 Å². The van der Waals surface area contributed by atoms with Gasteiger partial charge in [-0.2, -0.15) is 0 Å². The molecule has 0 aliphatic heterocycles. The van der Waals surface area contributed by atoms with Crippen LogP contribution in [0.5, 0.6) is 5.75 Å². The van der Waals surface area contributed by atoms with Gasteiger partial charge in [0.2, 0.25) is 0 Å². The number of alkyl halides is 3. The molecule has 0 spiro atoms. The minimum atomic E-state index is -4.65. The summed E-state index contributed by atoms with van der Waals surface area (Å²) in [6.07, 6.45) is -2.83. The van der Waals surface area contributed by atoms with Crippen LogP contribution >= 0.6 is 11.3 Å². The molecule has 6 heteroatoms. The van der Waals surface area contributed by atoms with E-state index in [1.54, 1.807) is 23.5 Å². The van der Waals surface area contributed by atoms with Crippen molar-refractivity contribution >= 4 is 11.3 Å². The van der Waals surface area contributed by atoms with Gasteiger partial charge in [-0.25, -0.2) is 0 Å². The summed E-state index contributed by atoms with van der Waals surface area (Å²) in [4.78, 5) is 1.30. The van der Waals surface area contributed by atoms with Crippen molar-refractivity contribution in [3.63, 3.8) is 0 Å². The molecule has 0 saturated carbocycles. The molecule has 0 saturated heterocycles. The van der Waals surface area contributed by atoms with Crippen LogP contribution in [0.3, 0.4) is 0 Å². The van der Waals surface area contributed by atoms with E-state index in [1.165, 1.54) is 17.0 Å². The van der Waals surface area contributed by atoms with E-state index in [4.69, 9.17) is 0 Å². The number of halogens is 3. The van der Waals surface area contributed by atoms with Crippen LogP contribution in [0, 0.1) is 0 Å². The van der Waals surface area contributed by atoms with Gasteiger partial charge in [-0.15, -0.1) is 24.5 Å². The number of ether oxygens (including phenoxy) is 1. The maximum Gasteiger partial charge on any atom is 0.573 e. The van der Waals surface area contributed by atoms with E-state index in [1.807, 2.05) is 18.5 Å². The van der Waals surface area contributed by atoms with Crippen molar-refractivity contribution in [2.75, 3.05) is 7.05 Å². The third-order valence-corrected chi connectivity index (χ3v) is 4.06. The Labute approximate surface area is 125 Å². The van der Waals surface area contributed by atoms with Crippen LogP contribution in [0.15, 0.2) is 41.8 Å². The van der Waals surface area contributed by atoms with Gasteiger partial charge in [0.25, 0.3) is 0 Å². The Hall–Kier alpha value is -1.53.